The fourth-order valence-electron chi connectivity index (χ4n) is 5.72. The minimum atomic E-state index is -4.52. The molecule has 0 aliphatic carbocycles. The Morgan fingerprint density at radius 2 is 1.95 bits per heavy atom. The number of nitriles is 1. The molecule has 2 aliphatic heterocycles. The molecule has 2 aliphatic rings. The first-order valence-corrected chi connectivity index (χ1v) is 12.8. The standard InChI is InChI=1S/C28H29F3N6O2/c1-35-11-2-3-25(35)23-6-4-21(17-33-23)27(34-22-8-12-37(18-22)26(38)39)9-13-36(14-10-27)24-7-5-20(28(29,30)31)15-19(24)16-32/h2-7,11,15,17,22,34H,8-10,12-14,18H2,1H3,(H,38,39)/t22-/m0/s1. The Labute approximate surface area is 224 Å². The number of rotatable bonds is 5. The van der Waals surface area contributed by atoms with Gasteiger partial charge in [-0.15, -0.1) is 0 Å². The molecular formula is C28H29F3N6O2. The molecule has 1 aromatic carbocycles. The predicted molar refractivity (Wildman–Crippen MR) is 139 cm³/mol. The number of carboxylic acid groups (broad SMARTS) is 1. The van der Waals surface area contributed by atoms with Crippen LogP contribution >= 0.6 is 0 Å². The summed E-state index contributed by atoms with van der Waals surface area (Å²) in [6.45, 7) is 1.84. The average Bonchev–Trinajstić information content (AvgIpc) is 3.57. The van der Waals surface area contributed by atoms with Gasteiger partial charge in [0, 0.05) is 57.2 Å². The molecule has 0 radical (unpaired) electrons. The van der Waals surface area contributed by atoms with E-state index in [1.54, 1.807) is 0 Å². The van der Waals surface area contributed by atoms with E-state index in [1.807, 2.05) is 59.2 Å². The molecule has 39 heavy (non-hydrogen) atoms. The molecule has 2 saturated heterocycles. The molecule has 11 heteroatoms. The summed E-state index contributed by atoms with van der Waals surface area (Å²) >= 11 is 0. The monoisotopic (exact) mass is 538 g/mol. The van der Waals surface area contributed by atoms with Crippen molar-refractivity contribution in [3.63, 3.8) is 0 Å². The van der Waals surface area contributed by atoms with Crippen molar-refractivity contribution in [1.82, 2.24) is 19.8 Å². The van der Waals surface area contributed by atoms with E-state index in [0.717, 1.165) is 29.1 Å². The molecule has 8 nitrogen and oxygen atoms in total. The summed E-state index contributed by atoms with van der Waals surface area (Å²) < 4.78 is 41.6. The van der Waals surface area contributed by atoms with Gasteiger partial charge in [-0.3, -0.25) is 4.98 Å². The fourth-order valence-corrected chi connectivity index (χ4v) is 5.72. The highest BCUT2D eigenvalue weighted by Gasteiger charge is 2.41. The number of aromatic nitrogens is 2. The van der Waals surface area contributed by atoms with Gasteiger partial charge in [-0.25, -0.2) is 4.79 Å². The number of hydrogen-bond donors (Lipinski definition) is 2. The van der Waals surface area contributed by atoms with Crippen molar-refractivity contribution in [2.45, 2.75) is 37.0 Å². The number of nitrogens with zero attached hydrogens (tertiary/aromatic N) is 5. The van der Waals surface area contributed by atoms with Crippen molar-refractivity contribution in [2.75, 3.05) is 31.1 Å². The largest absolute Gasteiger partial charge is 0.465 e. The molecule has 5 rings (SSSR count). The second-order valence-corrected chi connectivity index (χ2v) is 10.2. The van der Waals surface area contributed by atoms with Crippen LogP contribution in [-0.2, 0) is 18.8 Å². The van der Waals surface area contributed by atoms with Crippen molar-refractivity contribution in [2.24, 2.45) is 7.05 Å². The molecule has 1 amide bonds. The minimum Gasteiger partial charge on any atom is -0.465 e. The lowest BCUT2D eigenvalue weighted by Crippen LogP contribution is -2.55. The fraction of sp³-hybridized carbons (Fsp3) is 0.393. The van der Waals surface area contributed by atoms with Gasteiger partial charge in [-0.05, 0) is 61.2 Å². The van der Waals surface area contributed by atoms with Crippen molar-refractivity contribution >= 4 is 11.8 Å². The van der Waals surface area contributed by atoms with Crippen molar-refractivity contribution in [3.05, 3.63) is 71.5 Å². The van der Waals surface area contributed by atoms with Gasteiger partial charge >= 0.3 is 12.3 Å². The maximum atomic E-state index is 13.2. The Bertz CT molecular complexity index is 1390. The molecule has 0 unspecified atom stereocenters. The Balaban J connectivity index is 1.41. The van der Waals surface area contributed by atoms with Gasteiger partial charge in [0.2, 0.25) is 0 Å². The molecular weight excluding hydrogens is 509 g/mol. The van der Waals surface area contributed by atoms with Crippen LogP contribution in [0.2, 0.25) is 0 Å². The normalized spacial score (nSPS) is 19.2. The quantitative estimate of drug-likeness (QED) is 0.484. The lowest BCUT2D eigenvalue weighted by atomic mass is 9.80. The first-order valence-electron chi connectivity index (χ1n) is 12.8. The van der Waals surface area contributed by atoms with Crippen LogP contribution < -0.4 is 10.2 Å². The maximum absolute atomic E-state index is 13.2. The number of halogens is 3. The second-order valence-electron chi connectivity index (χ2n) is 10.2. The van der Waals surface area contributed by atoms with Crippen LogP contribution in [0, 0.1) is 11.3 Å². The van der Waals surface area contributed by atoms with Crippen LogP contribution in [0.15, 0.2) is 54.9 Å². The van der Waals surface area contributed by atoms with E-state index >= 15 is 0 Å². The number of anilines is 1. The van der Waals surface area contributed by atoms with E-state index < -0.39 is 23.4 Å². The molecule has 2 aromatic heterocycles. The first-order chi connectivity index (χ1) is 18.6. The van der Waals surface area contributed by atoms with Crippen molar-refractivity contribution in [1.29, 1.82) is 5.26 Å². The number of piperidine rings is 1. The number of likely N-dealkylation sites (tertiary alicyclic amines) is 1. The van der Waals surface area contributed by atoms with Gasteiger partial charge in [0.25, 0.3) is 0 Å². The number of nitrogens with one attached hydrogen (secondary N) is 1. The number of aryl methyl sites for hydroxylation is 1. The van der Waals surface area contributed by atoms with Gasteiger partial charge in [-0.1, -0.05) is 6.07 Å². The van der Waals surface area contributed by atoms with E-state index in [2.05, 4.69) is 5.32 Å². The summed E-state index contributed by atoms with van der Waals surface area (Å²) in [5.41, 5.74) is 1.92. The van der Waals surface area contributed by atoms with Gasteiger partial charge < -0.3 is 24.8 Å². The minimum absolute atomic E-state index is 0.00763. The summed E-state index contributed by atoms with van der Waals surface area (Å²) in [7, 11) is 1.95. The Kier molecular flexibility index (Phi) is 6.99. The van der Waals surface area contributed by atoms with E-state index in [4.69, 9.17) is 4.98 Å². The zero-order valence-electron chi connectivity index (χ0n) is 21.4. The van der Waals surface area contributed by atoms with Crippen LogP contribution in [0.3, 0.4) is 0 Å². The average molecular weight is 539 g/mol. The molecule has 204 valence electrons. The van der Waals surface area contributed by atoms with Crippen LogP contribution in [-0.4, -0.2) is 57.9 Å². The number of amides is 1. The number of carbonyl (C=O) groups is 1. The lowest BCUT2D eigenvalue weighted by molar-refractivity contribution is -0.137. The third-order valence-corrected chi connectivity index (χ3v) is 7.86. The molecule has 4 heterocycles. The number of alkyl halides is 3. The second kappa shape index (κ2) is 10.3. The maximum Gasteiger partial charge on any atom is 0.416 e. The molecule has 3 aromatic rings. The predicted octanol–water partition coefficient (Wildman–Crippen LogP) is 4.82. The Morgan fingerprint density at radius 1 is 1.18 bits per heavy atom. The van der Waals surface area contributed by atoms with Gasteiger partial charge in [0.15, 0.2) is 0 Å². The van der Waals surface area contributed by atoms with Crippen LogP contribution in [0.4, 0.5) is 23.7 Å². The zero-order valence-corrected chi connectivity index (χ0v) is 21.4. The van der Waals surface area contributed by atoms with E-state index in [1.165, 1.54) is 11.0 Å². The third kappa shape index (κ3) is 5.29. The molecule has 0 bridgehead atoms. The SMILES string of the molecule is Cn1cccc1-c1ccc(C2(N[C@H]3CCN(C(=O)O)C3)CCN(c3ccc(C(F)(F)F)cc3C#N)CC2)cn1. The highest BCUT2D eigenvalue weighted by atomic mass is 19.4. The highest BCUT2D eigenvalue weighted by Crippen LogP contribution is 2.38. The summed E-state index contributed by atoms with van der Waals surface area (Å²) in [6.07, 6.45) is 0.242. The van der Waals surface area contributed by atoms with E-state index in [0.29, 0.717) is 51.1 Å². The summed E-state index contributed by atoms with van der Waals surface area (Å²) in [5.74, 6) is 0. The van der Waals surface area contributed by atoms with Crippen molar-refractivity contribution in [3.8, 4) is 17.5 Å². The Hall–Kier alpha value is -4.04. The van der Waals surface area contributed by atoms with Crippen LogP contribution in [0.25, 0.3) is 11.4 Å². The smallest absolute Gasteiger partial charge is 0.416 e. The molecule has 2 fully saturated rings. The summed E-state index contributed by atoms with van der Waals surface area (Å²) in [5, 5.41) is 22.7. The number of hydrogen-bond acceptors (Lipinski definition) is 5. The molecule has 0 spiro atoms. The summed E-state index contributed by atoms with van der Waals surface area (Å²) in [4.78, 5) is 19.6. The van der Waals surface area contributed by atoms with Crippen LogP contribution in [0.5, 0.6) is 0 Å². The van der Waals surface area contributed by atoms with Gasteiger partial charge in [0.05, 0.1) is 28.2 Å². The third-order valence-electron chi connectivity index (χ3n) is 7.86. The Morgan fingerprint density at radius 3 is 2.51 bits per heavy atom. The highest BCUT2D eigenvalue weighted by molar-refractivity contribution is 5.65. The zero-order chi connectivity index (χ0) is 27.8. The molecule has 0 saturated carbocycles. The molecule has 2 N–H and O–H groups in total. The topological polar surface area (TPSA) is 97.4 Å². The number of pyridine rings is 1. The van der Waals surface area contributed by atoms with Crippen LogP contribution in [0.1, 0.15) is 36.0 Å². The van der Waals surface area contributed by atoms with Crippen molar-refractivity contribution < 1.29 is 23.1 Å². The van der Waals surface area contributed by atoms with E-state index in [9.17, 15) is 28.3 Å². The summed E-state index contributed by atoms with van der Waals surface area (Å²) in [6, 6.07) is 13.1. The van der Waals surface area contributed by atoms with Gasteiger partial charge in [-0.2, -0.15) is 18.4 Å². The first kappa shape index (κ1) is 26.6. The van der Waals surface area contributed by atoms with Gasteiger partial charge in [0.1, 0.15) is 6.07 Å². The van der Waals surface area contributed by atoms with E-state index in [-0.39, 0.29) is 11.6 Å². The molecule has 1 atom stereocenters. The lowest BCUT2D eigenvalue weighted by Gasteiger charge is -2.45. The number of benzene rings is 1.